The summed E-state index contributed by atoms with van der Waals surface area (Å²) in [6, 6.07) is 4.99. The number of carboxylic acid groups (broad SMARTS) is 1. The van der Waals surface area contributed by atoms with Crippen molar-refractivity contribution in [1.29, 1.82) is 0 Å². The highest BCUT2D eigenvalue weighted by Crippen LogP contribution is 2.27. The molecule has 1 fully saturated rings. The quantitative estimate of drug-likeness (QED) is 0.903. The summed E-state index contributed by atoms with van der Waals surface area (Å²) < 4.78 is 0.754. The molecule has 1 aromatic rings. The van der Waals surface area contributed by atoms with Crippen molar-refractivity contribution in [2.24, 2.45) is 0 Å². The average molecular weight is 355 g/mol. The Morgan fingerprint density at radius 2 is 2.05 bits per heavy atom. The molecule has 1 N–H and O–H groups in total. The van der Waals surface area contributed by atoms with Crippen LogP contribution < -0.4 is 0 Å². The molecule has 1 saturated heterocycles. The van der Waals surface area contributed by atoms with Crippen molar-refractivity contribution in [3.8, 4) is 0 Å². The molecule has 0 aliphatic carbocycles. The molecule has 1 heterocycles. The van der Waals surface area contributed by atoms with Crippen molar-refractivity contribution in [3.05, 3.63) is 33.8 Å². The third-order valence-electron chi connectivity index (χ3n) is 4.03. The summed E-state index contributed by atoms with van der Waals surface area (Å²) in [6.07, 6.45) is 0. The second-order valence-electron chi connectivity index (χ2n) is 5.82. The first-order valence-electron chi connectivity index (χ1n) is 6.76. The Kier molecular flexibility index (Phi) is 4.39. The van der Waals surface area contributed by atoms with E-state index in [-0.39, 0.29) is 11.5 Å². The van der Waals surface area contributed by atoms with E-state index in [2.05, 4.69) is 20.8 Å². The van der Waals surface area contributed by atoms with Crippen LogP contribution in [0.1, 0.15) is 29.8 Å². The van der Waals surface area contributed by atoms with Gasteiger partial charge in [0.2, 0.25) is 5.91 Å². The van der Waals surface area contributed by atoms with Gasteiger partial charge in [-0.1, -0.05) is 22.0 Å². The summed E-state index contributed by atoms with van der Waals surface area (Å²) >= 11 is 3.42. The van der Waals surface area contributed by atoms with E-state index < -0.39 is 11.5 Å². The van der Waals surface area contributed by atoms with Crippen molar-refractivity contribution in [1.82, 2.24) is 9.80 Å². The number of nitrogens with zero attached hydrogens (tertiary/aromatic N) is 2. The summed E-state index contributed by atoms with van der Waals surface area (Å²) in [5.41, 5.74) is 0.669. The van der Waals surface area contributed by atoms with Crippen LogP contribution >= 0.6 is 15.9 Å². The number of hydrogen-bond acceptors (Lipinski definition) is 3. The Balaban J connectivity index is 2.22. The third-order valence-corrected chi connectivity index (χ3v) is 4.77. The van der Waals surface area contributed by atoms with Gasteiger partial charge >= 0.3 is 5.97 Å². The van der Waals surface area contributed by atoms with Crippen LogP contribution in [0.5, 0.6) is 0 Å². The molecule has 0 aromatic heterocycles. The van der Waals surface area contributed by atoms with E-state index >= 15 is 0 Å². The minimum atomic E-state index is -0.947. The molecule has 2 rings (SSSR count). The van der Waals surface area contributed by atoms with E-state index in [1.54, 1.807) is 23.1 Å². The molecule has 21 heavy (non-hydrogen) atoms. The summed E-state index contributed by atoms with van der Waals surface area (Å²) in [4.78, 5) is 27.1. The molecule has 0 unspecified atom stereocenters. The number of carbonyl (C=O) groups excluding carboxylic acids is 1. The lowest BCUT2D eigenvalue weighted by molar-refractivity contribution is -0.147. The monoisotopic (exact) mass is 354 g/mol. The van der Waals surface area contributed by atoms with Crippen molar-refractivity contribution < 1.29 is 14.7 Å². The van der Waals surface area contributed by atoms with E-state index in [1.807, 2.05) is 20.9 Å². The van der Waals surface area contributed by atoms with Crippen molar-refractivity contribution in [2.45, 2.75) is 25.9 Å². The van der Waals surface area contributed by atoms with Gasteiger partial charge in [0.25, 0.3) is 0 Å². The lowest BCUT2D eigenvalue weighted by atomic mass is 9.96. The Morgan fingerprint density at radius 1 is 1.38 bits per heavy atom. The van der Waals surface area contributed by atoms with Gasteiger partial charge in [-0.3, -0.25) is 9.69 Å². The van der Waals surface area contributed by atoms with Crippen molar-refractivity contribution in [2.75, 3.05) is 20.1 Å². The molecule has 0 saturated carbocycles. The zero-order chi connectivity index (χ0) is 15.8. The number of aromatic carboxylic acids is 1. The van der Waals surface area contributed by atoms with E-state index in [4.69, 9.17) is 5.11 Å². The van der Waals surface area contributed by atoms with Gasteiger partial charge in [-0.2, -0.15) is 0 Å². The summed E-state index contributed by atoms with van der Waals surface area (Å²) in [5, 5.41) is 8.99. The van der Waals surface area contributed by atoms with Crippen LogP contribution in [0, 0.1) is 0 Å². The van der Waals surface area contributed by atoms with Gasteiger partial charge in [0, 0.05) is 31.2 Å². The van der Waals surface area contributed by atoms with Crippen LogP contribution in [-0.2, 0) is 11.3 Å². The lowest BCUT2D eigenvalue weighted by Gasteiger charge is -2.44. The highest BCUT2D eigenvalue weighted by molar-refractivity contribution is 9.10. The first-order chi connectivity index (χ1) is 9.73. The molecule has 1 aliphatic rings. The topological polar surface area (TPSA) is 60.9 Å². The number of carbonyl (C=O) groups is 2. The molecule has 0 bridgehead atoms. The van der Waals surface area contributed by atoms with Crippen LogP contribution in [0.25, 0.3) is 0 Å². The smallest absolute Gasteiger partial charge is 0.335 e. The van der Waals surface area contributed by atoms with Gasteiger partial charge in [0.15, 0.2) is 0 Å². The number of hydrogen-bond donors (Lipinski definition) is 1. The number of rotatable bonds is 3. The minimum Gasteiger partial charge on any atom is -0.478 e. The zero-order valence-corrected chi connectivity index (χ0v) is 14.0. The SMILES string of the molecule is CN1CCN(Cc2ccc(C(=O)O)cc2Br)C(C)(C)C1=O. The predicted octanol–water partition coefficient (Wildman–Crippen LogP) is 2.20. The van der Waals surface area contributed by atoms with Gasteiger partial charge in [-0.15, -0.1) is 0 Å². The standard InChI is InChI=1S/C15H19BrN2O3/c1-15(2)14(21)17(3)6-7-18(15)9-11-5-4-10(13(19)20)8-12(11)16/h4-5,8H,6-7,9H2,1-3H3,(H,19,20). The highest BCUT2D eigenvalue weighted by atomic mass is 79.9. The van der Waals surface area contributed by atoms with Crippen molar-refractivity contribution in [3.63, 3.8) is 0 Å². The first kappa shape index (κ1) is 16.0. The Hall–Kier alpha value is -1.40. The normalized spacial score (nSPS) is 18.9. The fraction of sp³-hybridized carbons (Fsp3) is 0.467. The van der Waals surface area contributed by atoms with Gasteiger partial charge in [-0.25, -0.2) is 4.79 Å². The van der Waals surface area contributed by atoms with Gasteiger partial charge < -0.3 is 10.0 Å². The average Bonchev–Trinajstić information content (AvgIpc) is 2.41. The largest absolute Gasteiger partial charge is 0.478 e. The van der Waals surface area contributed by atoms with Crippen LogP contribution in [0.4, 0.5) is 0 Å². The molecule has 5 nitrogen and oxygen atoms in total. The molecule has 0 radical (unpaired) electrons. The van der Waals surface area contributed by atoms with Gasteiger partial charge in [-0.05, 0) is 31.5 Å². The molecule has 0 spiro atoms. The van der Waals surface area contributed by atoms with Crippen molar-refractivity contribution >= 4 is 27.8 Å². The third kappa shape index (κ3) is 3.11. The molecule has 0 atom stereocenters. The highest BCUT2D eigenvalue weighted by Gasteiger charge is 2.40. The number of amides is 1. The second kappa shape index (κ2) is 5.77. The number of benzene rings is 1. The molecule has 6 heteroatoms. The minimum absolute atomic E-state index is 0.104. The Labute approximate surface area is 132 Å². The lowest BCUT2D eigenvalue weighted by Crippen LogP contribution is -2.61. The molecular weight excluding hydrogens is 336 g/mol. The first-order valence-corrected chi connectivity index (χ1v) is 7.55. The predicted molar refractivity (Wildman–Crippen MR) is 83.2 cm³/mol. The number of halogens is 1. The number of carboxylic acids is 1. The fourth-order valence-electron chi connectivity index (χ4n) is 2.54. The van der Waals surface area contributed by atoms with E-state index in [0.29, 0.717) is 13.1 Å². The summed E-state index contributed by atoms with van der Waals surface area (Å²) in [5.74, 6) is -0.843. The Bertz CT molecular complexity index is 586. The maximum absolute atomic E-state index is 12.3. The van der Waals surface area contributed by atoms with Gasteiger partial charge in [0.05, 0.1) is 11.1 Å². The molecule has 1 aromatic carbocycles. The summed E-state index contributed by atoms with van der Waals surface area (Å²) in [7, 11) is 1.82. The number of piperazine rings is 1. The molecular formula is C15H19BrN2O3. The summed E-state index contributed by atoms with van der Waals surface area (Å²) in [6.45, 7) is 5.94. The maximum atomic E-state index is 12.3. The number of likely N-dealkylation sites (N-methyl/N-ethyl adjacent to an activating group) is 1. The molecule has 114 valence electrons. The van der Waals surface area contributed by atoms with E-state index in [9.17, 15) is 9.59 Å². The van der Waals surface area contributed by atoms with Crippen LogP contribution in [-0.4, -0.2) is 52.5 Å². The van der Waals surface area contributed by atoms with Crippen LogP contribution in [0.15, 0.2) is 22.7 Å². The zero-order valence-electron chi connectivity index (χ0n) is 12.4. The van der Waals surface area contributed by atoms with E-state index in [1.165, 1.54) is 0 Å². The van der Waals surface area contributed by atoms with Gasteiger partial charge in [0.1, 0.15) is 0 Å². The Morgan fingerprint density at radius 3 is 2.62 bits per heavy atom. The fourth-order valence-corrected chi connectivity index (χ4v) is 3.05. The van der Waals surface area contributed by atoms with E-state index in [0.717, 1.165) is 16.6 Å². The maximum Gasteiger partial charge on any atom is 0.335 e. The molecule has 1 aliphatic heterocycles. The second-order valence-corrected chi connectivity index (χ2v) is 6.67. The molecule has 1 amide bonds. The van der Waals surface area contributed by atoms with Crippen LogP contribution in [0.3, 0.4) is 0 Å². The van der Waals surface area contributed by atoms with Crippen LogP contribution in [0.2, 0.25) is 0 Å².